The van der Waals surface area contributed by atoms with Crippen molar-refractivity contribution >= 4 is 52.4 Å². The SMILES string of the molecule is COc1ccc(Cl)cc1NC(=S)/N=C(/Nc1nc(C)cc(C)n1)N1CCC(C(N)=O)(N2CCCCC2)CC1. The van der Waals surface area contributed by atoms with Gasteiger partial charge in [0, 0.05) is 29.5 Å². The van der Waals surface area contributed by atoms with E-state index in [-0.39, 0.29) is 11.0 Å². The van der Waals surface area contributed by atoms with E-state index in [1.54, 1.807) is 25.3 Å². The molecular formula is C26H35ClN8O2S. The number of piperidine rings is 2. The second kappa shape index (κ2) is 12.2. The van der Waals surface area contributed by atoms with Crippen molar-refractivity contribution in [2.45, 2.75) is 51.5 Å². The predicted molar refractivity (Wildman–Crippen MR) is 155 cm³/mol. The standard InChI is InChI=1S/C26H35ClN8O2S/c1-17-15-18(2)30-23(29-17)32-24(33-25(38)31-20-16-19(27)7-8-21(20)37-3)34-13-9-26(10-14-34,22(28)36)35-11-5-4-6-12-35/h7-8,15-16H,4-6,9-14H2,1-3H3,(H2,28,36)(H2,29,30,31,32,33,38). The second-order valence-corrected chi connectivity index (χ2v) is 10.6. The molecule has 0 radical (unpaired) electrons. The molecule has 0 aliphatic carbocycles. The molecule has 1 aromatic carbocycles. The summed E-state index contributed by atoms with van der Waals surface area (Å²) >= 11 is 11.8. The van der Waals surface area contributed by atoms with Gasteiger partial charge >= 0.3 is 0 Å². The topological polar surface area (TPSA) is 121 Å². The first-order valence-corrected chi connectivity index (χ1v) is 13.6. The van der Waals surface area contributed by atoms with Crippen molar-refractivity contribution in [1.29, 1.82) is 0 Å². The molecule has 0 atom stereocenters. The number of carbonyl (C=O) groups is 1. The Bertz CT molecular complexity index is 1190. The van der Waals surface area contributed by atoms with Crippen molar-refractivity contribution in [3.05, 3.63) is 40.7 Å². The molecule has 10 nitrogen and oxygen atoms in total. The molecule has 4 rings (SSSR count). The van der Waals surface area contributed by atoms with Crippen LogP contribution in [0.15, 0.2) is 29.3 Å². The Morgan fingerprint density at radius 2 is 1.74 bits per heavy atom. The number of hydrogen-bond donors (Lipinski definition) is 3. The Kier molecular flexibility index (Phi) is 9.01. The van der Waals surface area contributed by atoms with Crippen molar-refractivity contribution < 1.29 is 9.53 Å². The summed E-state index contributed by atoms with van der Waals surface area (Å²) in [6, 6.07) is 7.13. The molecule has 2 fully saturated rings. The van der Waals surface area contributed by atoms with Crippen LogP contribution in [0.25, 0.3) is 0 Å². The number of nitrogens with one attached hydrogen (secondary N) is 2. The number of guanidine groups is 1. The number of thiocarbonyl (C=S) groups is 1. The number of rotatable bonds is 5. The quantitative estimate of drug-likeness (QED) is 0.286. The number of nitrogens with zero attached hydrogens (tertiary/aromatic N) is 5. The van der Waals surface area contributed by atoms with Gasteiger partial charge in [-0.05, 0) is 89.1 Å². The van der Waals surface area contributed by atoms with Crippen LogP contribution in [0.2, 0.25) is 5.02 Å². The monoisotopic (exact) mass is 558 g/mol. The molecule has 38 heavy (non-hydrogen) atoms. The van der Waals surface area contributed by atoms with E-state index in [1.807, 2.05) is 19.9 Å². The van der Waals surface area contributed by atoms with Crippen LogP contribution in [-0.2, 0) is 4.79 Å². The number of anilines is 2. The van der Waals surface area contributed by atoms with E-state index in [2.05, 4.69) is 30.4 Å². The number of amides is 1. The van der Waals surface area contributed by atoms with E-state index >= 15 is 0 Å². The number of methoxy groups -OCH3 is 1. The van der Waals surface area contributed by atoms with Crippen LogP contribution in [0.1, 0.15) is 43.5 Å². The zero-order valence-electron chi connectivity index (χ0n) is 22.1. The number of primary amides is 1. The summed E-state index contributed by atoms with van der Waals surface area (Å²) in [5.74, 6) is 1.25. The maximum atomic E-state index is 12.7. The lowest BCUT2D eigenvalue weighted by Crippen LogP contribution is -2.64. The zero-order chi connectivity index (χ0) is 27.3. The Labute approximate surface area is 234 Å². The molecule has 0 saturated carbocycles. The molecule has 0 unspecified atom stereocenters. The number of carbonyl (C=O) groups excluding carboxylic acids is 1. The van der Waals surface area contributed by atoms with Crippen molar-refractivity contribution in [3.8, 4) is 5.75 Å². The predicted octanol–water partition coefficient (Wildman–Crippen LogP) is 3.73. The molecule has 0 spiro atoms. The van der Waals surface area contributed by atoms with Gasteiger partial charge in [0.05, 0.1) is 12.8 Å². The Morgan fingerprint density at radius 3 is 2.34 bits per heavy atom. The second-order valence-electron chi connectivity index (χ2n) is 9.74. The van der Waals surface area contributed by atoms with Gasteiger partial charge in [-0.3, -0.25) is 15.0 Å². The summed E-state index contributed by atoms with van der Waals surface area (Å²) < 4.78 is 5.42. The van der Waals surface area contributed by atoms with Crippen molar-refractivity contribution in [2.24, 2.45) is 10.7 Å². The molecule has 2 saturated heterocycles. The van der Waals surface area contributed by atoms with Gasteiger partial charge < -0.3 is 20.7 Å². The first kappa shape index (κ1) is 28.0. The average Bonchev–Trinajstić information content (AvgIpc) is 2.88. The molecule has 3 heterocycles. The van der Waals surface area contributed by atoms with Gasteiger partial charge in [-0.1, -0.05) is 18.0 Å². The lowest BCUT2D eigenvalue weighted by Gasteiger charge is -2.48. The van der Waals surface area contributed by atoms with E-state index in [0.717, 1.165) is 37.3 Å². The molecule has 4 N–H and O–H groups in total. The number of hydrogen-bond acceptors (Lipinski definition) is 6. The molecular weight excluding hydrogens is 524 g/mol. The molecule has 204 valence electrons. The highest BCUT2D eigenvalue weighted by Gasteiger charge is 2.45. The normalized spacial score (nSPS) is 18.1. The number of ether oxygens (including phenoxy) is 1. The minimum absolute atomic E-state index is 0.209. The van der Waals surface area contributed by atoms with Crippen LogP contribution in [0.5, 0.6) is 5.75 Å². The fraction of sp³-hybridized carbons (Fsp3) is 0.500. The Hall–Kier alpha value is -3.02. The van der Waals surface area contributed by atoms with Crippen LogP contribution in [0.3, 0.4) is 0 Å². The number of aryl methyl sites for hydroxylation is 2. The molecule has 12 heteroatoms. The van der Waals surface area contributed by atoms with Gasteiger partial charge in [-0.2, -0.15) is 4.99 Å². The minimum atomic E-state index is -0.647. The molecule has 2 aliphatic rings. The summed E-state index contributed by atoms with van der Waals surface area (Å²) in [5, 5.41) is 7.12. The summed E-state index contributed by atoms with van der Waals surface area (Å²) in [5.41, 5.74) is 7.62. The lowest BCUT2D eigenvalue weighted by molar-refractivity contribution is -0.134. The van der Waals surface area contributed by atoms with Crippen molar-refractivity contribution in [2.75, 3.05) is 43.9 Å². The molecule has 1 amide bonds. The lowest BCUT2D eigenvalue weighted by atomic mass is 9.83. The summed E-state index contributed by atoms with van der Waals surface area (Å²) in [4.78, 5) is 30.8. The molecule has 0 bridgehead atoms. The maximum absolute atomic E-state index is 12.7. The van der Waals surface area contributed by atoms with E-state index < -0.39 is 5.54 Å². The van der Waals surface area contributed by atoms with Crippen molar-refractivity contribution in [1.82, 2.24) is 19.8 Å². The van der Waals surface area contributed by atoms with Crippen molar-refractivity contribution in [3.63, 3.8) is 0 Å². The first-order chi connectivity index (χ1) is 18.2. The van der Waals surface area contributed by atoms with Crippen LogP contribution in [0, 0.1) is 13.8 Å². The van der Waals surface area contributed by atoms with E-state index in [9.17, 15) is 4.79 Å². The van der Waals surface area contributed by atoms with Gasteiger partial charge in [-0.15, -0.1) is 0 Å². The third-order valence-corrected chi connectivity index (χ3v) is 7.56. The number of benzene rings is 1. The van der Waals surface area contributed by atoms with Gasteiger partial charge in [0.15, 0.2) is 0 Å². The van der Waals surface area contributed by atoms with Gasteiger partial charge in [0.2, 0.25) is 22.9 Å². The Morgan fingerprint density at radius 1 is 1.08 bits per heavy atom. The number of halogens is 1. The van der Waals surface area contributed by atoms with Crippen LogP contribution >= 0.6 is 23.8 Å². The number of aliphatic imine (C=N–C) groups is 1. The largest absolute Gasteiger partial charge is 0.495 e. The zero-order valence-corrected chi connectivity index (χ0v) is 23.7. The number of aromatic nitrogens is 2. The summed E-state index contributed by atoms with van der Waals surface area (Å²) in [7, 11) is 1.58. The van der Waals surface area contributed by atoms with Crippen LogP contribution in [0.4, 0.5) is 11.6 Å². The fourth-order valence-electron chi connectivity index (χ4n) is 5.21. The van der Waals surface area contributed by atoms with Gasteiger partial charge in [0.1, 0.15) is 11.3 Å². The minimum Gasteiger partial charge on any atom is -0.495 e. The van der Waals surface area contributed by atoms with Crippen LogP contribution in [-0.4, -0.2) is 75.6 Å². The highest BCUT2D eigenvalue weighted by Crippen LogP contribution is 2.32. The van der Waals surface area contributed by atoms with Gasteiger partial charge in [-0.25, -0.2) is 9.97 Å². The Balaban J connectivity index is 1.59. The third kappa shape index (κ3) is 6.51. The molecule has 1 aromatic heterocycles. The smallest absolute Gasteiger partial charge is 0.238 e. The van der Waals surface area contributed by atoms with E-state index in [4.69, 9.17) is 39.3 Å². The highest BCUT2D eigenvalue weighted by atomic mass is 35.5. The maximum Gasteiger partial charge on any atom is 0.238 e. The number of likely N-dealkylation sites (tertiary alicyclic amines) is 2. The van der Waals surface area contributed by atoms with Gasteiger partial charge in [0.25, 0.3) is 0 Å². The summed E-state index contributed by atoms with van der Waals surface area (Å²) in [6.45, 7) is 6.75. The third-order valence-electron chi connectivity index (χ3n) is 7.13. The highest BCUT2D eigenvalue weighted by molar-refractivity contribution is 7.80. The fourth-order valence-corrected chi connectivity index (χ4v) is 5.57. The number of nitrogens with two attached hydrogens (primary N) is 1. The summed E-state index contributed by atoms with van der Waals surface area (Å²) in [6.07, 6.45) is 4.56. The van der Waals surface area contributed by atoms with E-state index in [1.165, 1.54) is 6.42 Å². The molecule has 2 aliphatic heterocycles. The first-order valence-electron chi connectivity index (χ1n) is 12.8. The average molecular weight is 559 g/mol. The molecule has 2 aromatic rings. The van der Waals surface area contributed by atoms with Crippen LogP contribution < -0.4 is 21.1 Å². The van der Waals surface area contributed by atoms with E-state index in [0.29, 0.717) is 54.3 Å².